The van der Waals surface area contributed by atoms with Crippen LogP contribution >= 0.6 is 0 Å². The van der Waals surface area contributed by atoms with Gasteiger partial charge in [0.1, 0.15) is 5.69 Å². The molecule has 2 bridgehead atoms. The van der Waals surface area contributed by atoms with Crippen LogP contribution in [0.25, 0.3) is 11.3 Å². The van der Waals surface area contributed by atoms with Crippen LogP contribution in [0.2, 0.25) is 0 Å². The van der Waals surface area contributed by atoms with E-state index in [2.05, 4.69) is 55.3 Å². The van der Waals surface area contributed by atoms with Crippen molar-refractivity contribution in [2.24, 2.45) is 23.7 Å². The van der Waals surface area contributed by atoms with Gasteiger partial charge < -0.3 is 9.47 Å². The van der Waals surface area contributed by atoms with E-state index in [1.54, 1.807) is 0 Å². The van der Waals surface area contributed by atoms with Gasteiger partial charge >= 0.3 is 0 Å². The molecule has 7 nitrogen and oxygen atoms in total. The summed E-state index contributed by atoms with van der Waals surface area (Å²) >= 11 is 0. The second-order valence-corrected chi connectivity index (χ2v) is 10.2. The second-order valence-electron chi connectivity index (χ2n) is 10.2. The van der Waals surface area contributed by atoms with Crippen LogP contribution in [0.5, 0.6) is 0 Å². The Kier molecular flexibility index (Phi) is 4.39. The molecule has 4 saturated heterocycles. The monoisotopic (exact) mass is 425 g/mol. The zero-order chi connectivity index (χ0) is 21.4. The number of hydrogen-bond donors (Lipinski definition) is 0. The normalized spacial score (nSPS) is 44.0. The number of ether oxygens (including phenoxy) is 2. The van der Waals surface area contributed by atoms with Crippen molar-refractivity contribution in [1.82, 2.24) is 15.0 Å². The Morgan fingerprint density at radius 3 is 2.65 bits per heavy atom. The number of nitrogens with zero attached hydrogens (tertiary/aromatic N) is 3. The average molecular weight is 426 g/mol. The lowest BCUT2D eigenvalue weighted by Gasteiger charge is -2.60. The van der Waals surface area contributed by atoms with Gasteiger partial charge in [0.2, 0.25) is 5.79 Å². The van der Waals surface area contributed by atoms with Gasteiger partial charge in [-0.3, -0.25) is 0 Å². The molecule has 1 spiro atoms. The Balaban J connectivity index is 1.36. The van der Waals surface area contributed by atoms with Crippen LogP contribution in [0.4, 0.5) is 0 Å². The zero-order valence-electron chi connectivity index (χ0n) is 18.7. The lowest BCUT2D eigenvalue weighted by molar-refractivity contribution is -0.574. The highest BCUT2D eigenvalue weighted by atomic mass is 17.3. The molecule has 2 aromatic rings. The van der Waals surface area contributed by atoms with E-state index in [1.807, 2.05) is 17.8 Å². The molecule has 5 heterocycles. The van der Waals surface area contributed by atoms with Gasteiger partial charge in [-0.25, -0.2) is 14.5 Å². The van der Waals surface area contributed by atoms with Crippen molar-refractivity contribution in [3.63, 3.8) is 0 Å². The van der Waals surface area contributed by atoms with Crippen LogP contribution in [-0.2, 0) is 19.2 Å². The molecule has 7 heteroatoms. The summed E-state index contributed by atoms with van der Waals surface area (Å²) in [6, 6.07) is 8.34. The summed E-state index contributed by atoms with van der Waals surface area (Å²) in [5.41, 5.74) is 2.57. The van der Waals surface area contributed by atoms with Crippen molar-refractivity contribution < 1.29 is 19.2 Å². The van der Waals surface area contributed by atoms with Crippen LogP contribution in [0.15, 0.2) is 30.5 Å². The minimum absolute atomic E-state index is 0.188. The molecule has 31 heavy (non-hydrogen) atoms. The predicted octanol–water partition coefficient (Wildman–Crippen LogP) is 4.63. The minimum atomic E-state index is -0.766. The van der Waals surface area contributed by atoms with Crippen molar-refractivity contribution in [3.8, 4) is 11.3 Å². The average Bonchev–Trinajstić information content (AvgIpc) is 3.13. The van der Waals surface area contributed by atoms with E-state index in [9.17, 15) is 0 Å². The van der Waals surface area contributed by atoms with Gasteiger partial charge in [-0.05, 0) is 44.9 Å². The molecule has 1 aromatic heterocycles. The Labute approximate surface area is 182 Å². The van der Waals surface area contributed by atoms with Gasteiger partial charge in [-0.1, -0.05) is 48.9 Å². The number of rotatable bonds is 2. The molecule has 1 aromatic carbocycles. The SMILES string of the molecule is Cc1ccc(-c2cn([C@H]3O[C@@H]4O[C@@]5(C)CC[C@H]6[C@H](C)CC[C@@H]([C@@H]3C)[C@@]46OO5)nn2)cc1. The predicted molar refractivity (Wildman–Crippen MR) is 112 cm³/mol. The largest absolute Gasteiger partial charge is 0.324 e. The van der Waals surface area contributed by atoms with Crippen molar-refractivity contribution in [2.45, 2.75) is 77.3 Å². The summed E-state index contributed by atoms with van der Waals surface area (Å²) in [4.78, 5) is 12.1. The Hall–Kier alpha value is -1.80. The first-order valence-electron chi connectivity index (χ1n) is 11.6. The third-order valence-electron chi connectivity index (χ3n) is 8.24. The molecule has 1 aliphatic carbocycles. The summed E-state index contributed by atoms with van der Waals surface area (Å²) in [5.74, 6) is 0.611. The summed E-state index contributed by atoms with van der Waals surface area (Å²) in [6.07, 6.45) is 5.36. The first kappa shape index (κ1) is 19.9. The van der Waals surface area contributed by atoms with Crippen molar-refractivity contribution >= 4 is 0 Å². The van der Waals surface area contributed by atoms with Gasteiger partial charge in [0.25, 0.3) is 0 Å². The molecule has 0 amide bonds. The number of benzene rings is 1. The maximum Gasteiger partial charge on any atom is 0.201 e. The molecule has 5 fully saturated rings. The first-order chi connectivity index (χ1) is 14.9. The third kappa shape index (κ3) is 2.86. The molecule has 5 aliphatic rings. The molecular formula is C24H31N3O4. The van der Waals surface area contributed by atoms with E-state index in [0.717, 1.165) is 30.5 Å². The minimum Gasteiger partial charge on any atom is -0.324 e. The molecule has 4 aliphatic heterocycles. The highest BCUT2D eigenvalue weighted by Gasteiger charge is 2.69. The molecule has 0 radical (unpaired) electrons. The third-order valence-corrected chi connectivity index (χ3v) is 8.24. The maximum absolute atomic E-state index is 6.64. The molecule has 1 saturated carbocycles. The van der Waals surface area contributed by atoms with Crippen LogP contribution < -0.4 is 0 Å². The van der Waals surface area contributed by atoms with Crippen LogP contribution in [-0.4, -0.2) is 32.7 Å². The summed E-state index contributed by atoms with van der Waals surface area (Å²) in [6.45, 7) is 8.61. The van der Waals surface area contributed by atoms with Crippen molar-refractivity contribution in [2.75, 3.05) is 0 Å². The fraction of sp³-hybridized carbons (Fsp3) is 0.667. The van der Waals surface area contributed by atoms with Gasteiger partial charge in [0.05, 0.1) is 6.20 Å². The topological polar surface area (TPSA) is 67.6 Å². The van der Waals surface area contributed by atoms with E-state index in [4.69, 9.17) is 19.2 Å². The fourth-order valence-electron chi connectivity index (χ4n) is 6.45. The molecule has 166 valence electrons. The van der Waals surface area contributed by atoms with Gasteiger partial charge in [-0.15, -0.1) is 5.10 Å². The van der Waals surface area contributed by atoms with E-state index >= 15 is 0 Å². The summed E-state index contributed by atoms with van der Waals surface area (Å²) in [5, 5.41) is 8.90. The molecule has 7 rings (SSSR count). The van der Waals surface area contributed by atoms with E-state index in [1.165, 1.54) is 12.0 Å². The smallest absolute Gasteiger partial charge is 0.201 e. The summed E-state index contributed by atoms with van der Waals surface area (Å²) in [7, 11) is 0. The van der Waals surface area contributed by atoms with Gasteiger partial charge in [0.15, 0.2) is 18.1 Å². The van der Waals surface area contributed by atoms with E-state index < -0.39 is 17.7 Å². The molecule has 0 unspecified atom stereocenters. The van der Waals surface area contributed by atoms with Gasteiger partial charge in [-0.2, -0.15) is 0 Å². The molecular weight excluding hydrogens is 394 g/mol. The molecule has 8 atom stereocenters. The highest BCUT2D eigenvalue weighted by molar-refractivity contribution is 5.57. The van der Waals surface area contributed by atoms with Crippen molar-refractivity contribution in [1.29, 1.82) is 0 Å². The fourth-order valence-corrected chi connectivity index (χ4v) is 6.45. The van der Waals surface area contributed by atoms with Crippen LogP contribution in [0.3, 0.4) is 0 Å². The van der Waals surface area contributed by atoms with E-state index in [-0.39, 0.29) is 18.1 Å². The second kappa shape index (κ2) is 6.85. The number of aromatic nitrogens is 3. The van der Waals surface area contributed by atoms with E-state index in [0.29, 0.717) is 11.8 Å². The van der Waals surface area contributed by atoms with Crippen LogP contribution in [0, 0.1) is 30.6 Å². The number of aryl methyl sites for hydroxylation is 1. The quantitative estimate of drug-likeness (QED) is 0.654. The van der Waals surface area contributed by atoms with Gasteiger partial charge in [0, 0.05) is 23.8 Å². The Morgan fingerprint density at radius 2 is 1.84 bits per heavy atom. The lowest BCUT2D eigenvalue weighted by Crippen LogP contribution is -2.69. The maximum atomic E-state index is 6.64. The van der Waals surface area contributed by atoms with Crippen molar-refractivity contribution in [3.05, 3.63) is 36.0 Å². The Bertz CT molecular complexity index is 977. The number of hydrogen-bond acceptors (Lipinski definition) is 6. The Morgan fingerprint density at radius 1 is 1.03 bits per heavy atom. The molecule has 0 N–H and O–H groups in total. The number of fused-ring (bicyclic) bond motifs is 2. The first-order valence-corrected chi connectivity index (χ1v) is 11.6. The van der Waals surface area contributed by atoms with Crippen LogP contribution in [0.1, 0.15) is 58.2 Å². The summed E-state index contributed by atoms with van der Waals surface area (Å²) < 4.78 is 15.0. The zero-order valence-corrected chi connectivity index (χ0v) is 18.7. The standard InChI is InChI=1S/C24H31N3O4/c1-14-5-8-17(9-6-14)20-13-27(26-25-20)21-16(3)19-10-7-15(2)18-11-12-23(4)29-22(28-21)24(18,19)31-30-23/h5-6,8-9,13,15-16,18-19,21-22H,7,10-12H2,1-4H3/t15-,16+,18+,19+,21+,22-,23-,24-/m1/s1. The lowest BCUT2D eigenvalue weighted by atomic mass is 9.58. The highest BCUT2D eigenvalue weighted by Crippen LogP contribution is 2.61.